The number of hydrogen-bond acceptors (Lipinski definition) is 2. The van der Waals surface area contributed by atoms with Gasteiger partial charge in [-0.2, -0.15) is 0 Å². The predicted molar refractivity (Wildman–Crippen MR) is 47.5 cm³/mol. The van der Waals surface area contributed by atoms with Crippen LogP contribution in [0.15, 0.2) is 31.5 Å². The summed E-state index contributed by atoms with van der Waals surface area (Å²) in [5.74, 6) is 0. The summed E-state index contributed by atoms with van der Waals surface area (Å²) < 4.78 is 0. The van der Waals surface area contributed by atoms with Crippen LogP contribution >= 0.6 is 0 Å². The number of hydrogen-bond donors (Lipinski definition) is 1. The summed E-state index contributed by atoms with van der Waals surface area (Å²) in [6.45, 7) is 7.24. The van der Waals surface area contributed by atoms with Crippen LogP contribution in [-0.4, -0.2) is 4.98 Å². The second kappa shape index (κ2) is 3.01. The molecule has 1 heterocycles. The summed E-state index contributed by atoms with van der Waals surface area (Å²) in [5, 5.41) is 0. The SMILES string of the molecule is C=Cc1cccnc1C(=C)N. The van der Waals surface area contributed by atoms with Crippen molar-refractivity contribution in [3.8, 4) is 0 Å². The Kier molecular flexibility index (Phi) is 2.06. The Morgan fingerprint density at radius 1 is 1.64 bits per heavy atom. The van der Waals surface area contributed by atoms with E-state index in [9.17, 15) is 0 Å². The minimum atomic E-state index is 0.473. The van der Waals surface area contributed by atoms with Gasteiger partial charge in [-0.1, -0.05) is 25.3 Å². The van der Waals surface area contributed by atoms with Crippen molar-refractivity contribution in [3.05, 3.63) is 42.7 Å². The van der Waals surface area contributed by atoms with Gasteiger partial charge in [-0.3, -0.25) is 4.98 Å². The lowest BCUT2D eigenvalue weighted by atomic mass is 10.1. The molecule has 0 atom stereocenters. The fraction of sp³-hybridized carbons (Fsp3) is 0. The van der Waals surface area contributed by atoms with Crippen LogP contribution in [-0.2, 0) is 0 Å². The molecule has 0 radical (unpaired) electrons. The highest BCUT2D eigenvalue weighted by Crippen LogP contribution is 2.10. The summed E-state index contributed by atoms with van der Waals surface area (Å²) in [4.78, 5) is 4.05. The van der Waals surface area contributed by atoms with Crippen molar-refractivity contribution in [1.82, 2.24) is 4.98 Å². The van der Waals surface area contributed by atoms with E-state index in [1.54, 1.807) is 12.3 Å². The number of aromatic nitrogens is 1. The zero-order valence-corrected chi connectivity index (χ0v) is 6.25. The molecule has 2 N–H and O–H groups in total. The molecule has 0 unspecified atom stereocenters. The molecule has 0 aliphatic carbocycles. The summed E-state index contributed by atoms with van der Waals surface area (Å²) in [6.07, 6.45) is 3.39. The van der Waals surface area contributed by atoms with Crippen LogP contribution < -0.4 is 5.73 Å². The topological polar surface area (TPSA) is 38.9 Å². The molecule has 0 aromatic carbocycles. The highest BCUT2D eigenvalue weighted by molar-refractivity contribution is 5.67. The lowest BCUT2D eigenvalue weighted by Crippen LogP contribution is -1.99. The Morgan fingerprint density at radius 3 is 2.82 bits per heavy atom. The molecule has 0 fully saturated rings. The van der Waals surface area contributed by atoms with Gasteiger partial charge in [0.2, 0.25) is 0 Å². The first kappa shape index (κ1) is 7.54. The monoisotopic (exact) mass is 146 g/mol. The largest absolute Gasteiger partial charge is 0.397 e. The van der Waals surface area contributed by atoms with E-state index in [1.165, 1.54) is 0 Å². The molecule has 2 heteroatoms. The molecule has 2 nitrogen and oxygen atoms in total. The maximum atomic E-state index is 5.49. The lowest BCUT2D eigenvalue weighted by Gasteiger charge is -2.01. The maximum Gasteiger partial charge on any atom is 0.0924 e. The van der Waals surface area contributed by atoms with Crippen molar-refractivity contribution >= 4 is 11.8 Å². The van der Waals surface area contributed by atoms with Gasteiger partial charge >= 0.3 is 0 Å². The third kappa shape index (κ3) is 1.46. The molecule has 0 aliphatic heterocycles. The third-order valence-corrected chi connectivity index (χ3v) is 1.36. The first-order chi connectivity index (χ1) is 5.25. The van der Waals surface area contributed by atoms with Crippen LogP contribution in [0.4, 0.5) is 0 Å². The first-order valence-electron chi connectivity index (χ1n) is 3.28. The van der Waals surface area contributed by atoms with E-state index in [2.05, 4.69) is 18.1 Å². The van der Waals surface area contributed by atoms with Gasteiger partial charge in [-0.05, 0) is 6.07 Å². The molecular formula is C9H10N2. The van der Waals surface area contributed by atoms with Crippen LogP contribution in [0.3, 0.4) is 0 Å². The fourth-order valence-electron chi connectivity index (χ4n) is 0.851. The molecule has 0 saturated carbocycles. The minimum absolute atomic E-state index is 0.473. The van der Waals surface area contributed by atoms with Gasteiger partial charge in [0.1, 0.15) is 0 Å². The molecule has 11 heavy (non-hydrogen) atoms. The minimum Gasteiger partial charge on any atom is -0.397 e. The summed E-state index contributed by atoms with van der Waals surface area (Å²) in [6, 6.07) is 3.73. The van der Waals surface area contributed by atoms with Crippen molar-refractivity contribution in [2.45, 2.75) is 0 Å². The van der Waals surface area contributed by atoms with Crippen LogP contribution in [0.5, 0.6) is 0 Å². The number of rotatable bonds is 2. The third-order valence-electron chi connectivity index (χ3n) is 1.36. The van der Waals surface area contributed by atoms with E-state index < -0.39 is 0 Å². The molecule has 1 aromatic heterocycles. The van der Waals surface area contributed by atoms with Crippen molar-refractivity contribution in [2.24, 2.45) is 5.73 Å². The second-order valence-corrected chi connectivity index (χ2v) is 2.17. The Bertz CT molecular complexity index is 289. The maximum absolute atomic E-state index is 5.49. The molecular weight excluding hydrogens is 136 g/mol. The normalized spacial score (nSPS) is 9.09. The van der Waals surface area contributed by atoms with E-state index in [-0.39, 0.29) is 0 Å². The van der Waals surface area contributed by atoms with Gasteiger partial charge in [0.05, 0.1) is 11.4 Å². The smallest absolute Gasteiger partial charge is 0.0924 e. The van der Waals surface area contributed by atoms with E-state index >= 15 is 0 Å². The first-order valence-corrected chi connectivity index (χ1v) is 3.28. The summed E-state index contributed by atoms with van der Waals surface area (Å²) in [7, 11) is 0. The fourth-order valence-corrected chi connectivity index (χ4v) is 0.851. The van der Waals surface area contributed by atoms with E-state index in [0.29, 0.717) is 11.4 Å². The van der Waals surface area contributed by atoms with Crippen LogP contribution in [0.1, 0.15) is 11.3 Å². The standard InChI is InChI=1S/C9H10N2/c1-3-8-5-4-6-11-9(8)7(2)10/h3-6H,1-2,10H2. The molecule has 1 rings (SSSR count). The second-order valence-electron chi connectivity index (χ2n) is 2.17. The molecule has 56 valence electrons. The van der Waals surface area contributed by atoms with Gasteiger partial charge in [0, 0.05) is 11.8 Å². The zero-order chi connectivity index (χ0) is 8.27. The van der Waals surface area contributed by atoms with Crippen LogP contribution in [0, 0.1) is 0 Å². The highest BCUT2D eigenvalue weighted by Gasteiger charge is 1.98. The predicted octanol–water partition coefficient (Wildman–Crippen LogP) is 1.65. The number of nitrogens with two attached hydrogens (primary N) is 1. The average molecular weight is 146 g/mol. The summed E-state index contributed by atoms with van der Waals surface area (Å²) in [5.41, 5.74) is 7.59. The van der Waals surface area contributed by atoms with Crippen molar-refractivity contribution in [1.29, 1.82) is 0 Å². The van der Waals surface area contributed by atoms with Crippen molar-refractivity contribution in [2.75, 3.05) is 0 Å². The lowest BCUT2D eigenvalue weighted by molar-refractivity contribution is 1.25. The Morgan fingerprint density at radius 2 is 2.36 bits per heavy atom. The van der Waals surface area contributed by atoms with Crippen molar-refractivity contribution < 1.29 is 0 Å². The van der Waals surface area contributed by atoms with E-state index in [4.69, 9.17) is 5.73 Å². The average Bonchev–Trinajstić information content (AvgIpc) is 2.04. The Hall–Kier alpha value is -1.57. The van der Waals surface area contributed by atoms with Gasteiger partial charge in [0.25, 0.3) is 0 Å². The van der Waals surface area contributed by atoms with Gasteiger partial charge in [-0.25, -0.2) is 0 Å². The number of pyridine rings is 1. The van der Waals surface area contributed by atoms with Gasteiger partial charge in [-0.15, -0.1) is 0 Å². The molecule has 1 aromatic rings. The number of nitrogens with zero attached hydrogens (tertiary/aromatic N) is 1. The molecule has 0 aliphatic rings. The highest BCUT2D eigenvalue weighted by atomic mass is 14.7. The van der Waals surface area contributed by atoms with E-state index in [1.807, 2.05) is 12.1 Å². The Balaban J connectivity index is 3.22. The Labute approximate surface area is 66.1 Å². The molecule has 0 bridgehead atoms. The quantitative estimate of drug-likeness (QED) is 0.689. The van der Waals surface area contributed by atoms with E-state index in [0.717, 1.165) is 5.56 Å². The van der Waals surface area contributed by atoms with Gasteiger partial charge in [0.15, 0.2) is 0 Å². The van der Waals surface area contributed by atoms with Crippen molar-refractivity contribution in [3.63, 3.8) is 0 Å². The summed E-state index contributed by atoms with van der Waals surface area (Å²) >= 11 is 0. The van der Waals surface area contributed by atoms with Crippen LogP contribution in [0.25, 0.3) is 11.8 Å². The zero-order valence-electron chi connectivity index (χ0n) is 6.25. The van der Waals surface area contributed by atoms with Gasteiger partial charge < -0.3 is 5.73 Å². The molecule has 0 saturated heterocycles. The molecule has 0 spiro atoms. The molecule has 0 amide bonds. The van der Waals surface area contributed by atoms with Crippen LogP contribution in [0.2, 0.25) is 0 Å².